The molecule has 3 rings (SSSR count). The van der Waals surface area contributed by atoms with E-state index >= 15 is 0 Å². The van der Waals surface area contributed by atoms with Crippen molar-refractivity contribution < 1.29 is 14.2 Å². The van der Waals surface area contributed by atoms with Crippen molar-refractivity contribution in [1.29, 1.82) is 0 Å². The van der Waals surface area contributed by atoms with E-state index in [1.54, 1.807) is 6.21 Å². The normalized spacial score (nSPS) is 12.2. The lowest BCUT2D eigenvalue weighted by molar-refractivity contribution is -0.511. The van der Waals surface area contributed by atoms with Crippen molar-refractivity contribution in [3.05, 3.63) is 66.1 Å². The lowest BCUT2D eigenvalue weighted by Crippen LogP contribution is -2.62. The third-order valence-corrected chi connectivity index (χ3v) is 4.32. The highest BCUT2D eigenvalue weighted by Crippen LogP contribution is 2.13. The molecule has 1 aromatic carbocycles. The average Bonchev–Trinajstić information content (AvgIpc) is 2.97. The Labute approximate surface area is 150 Å². The molecule has 0 aliphatic heterocycles. The fourth-order valence-corrected chi connectivity index (χ4v) is 2.55. The number of ether oxygens (including phenoxy) is 1. The number of pyridine rings is 1. The van der Waals surface area contributed by atoms with E-state index in [0.29, 0.717) is 11.8 Å². The minimum absolute atomic E-state index is 0.490. The molecule has 3 aromatic rings. The van der Waals surface area contributed by atoms with E-state index in [0.717, 1.165) is 22.7 Å². The summed E-state index contributed by atoms with van der Waals surface area (Å²) in [4.78, 5) is 0. The van der Waals surface area contributed by atoms with E-state index in [-0.39, 0.29) is 0 Å². The molecule has 2 heterocycles. The Balaban J connectivity index is 1.64. The minimum atomic E-state index is 0.490. The van der Waals surface area contributed by atoms with Gasteiger partial charge in [0, 0.05) is 16.7 Å². The molecule has 0 unspecified atom stereocenters. The van der Waals surface area contributed by atoms with Gasteiger partial charge < -0.3 is 10.5 Å². The van der Waals surface area contributed by atoms with Gasteiger partial charge in [0.15, 0.2) is 12.3 Å². The molecule has 0 saturated carbocycles. The first-order valence-electron chi connectivity index (χ1n) is 7.81. The molecular formula is C18H21N5OS+2. The first-order chi connectivity index (χ1) is 12.2. The molecule has 6 nitrogen and oxygen atoms in total. The Hall–Kier alpha value is -2.80. The second kappa shape index (κ2) is 7.85. The summed E-state index contributed by atoms with van der Waals surface area (Å²) < 4.78 is 10.1. The Morgan fingerprint density at radius 1 is 1.32 bits per heavy atom. The van der Waals surface area contributed by atoms with Crippen LogP contribution >= 0.6 is 11.8 Å². The van der Waals surface area contributed by atoms with Gasteiger partial charge in [-0.25, -0.2) is 8.97 Å². The van der Waals surface area contributed by atoms with E-state index in [9.17, 15) is 0 Å². The van der Waals surface area contributed by atoms with Crippen molar-refractivity contribution in [3.63, 3.8) is 0 Å². The Morgan fingerprint density at radius 3 is 2.84 bits per heavy atom. The maximum Gasteiger partial charge on any atom is 0.286 e. The molecule has 0 bridgehead atoms. The van der Waals surface area contributed by atoms with Crippen molar-refractivity contribution in [2.24, 2.45) is 17.9 Å². The smallest absolute Gasteiger partial charge is 0.286 e. The third-order valence-electron chi connectivity index (χ3n) is 3.81. The maximum absolute atomic E-state index is 5.90. The van der Waals surface area contributed by atoms with Crippen LogP contribution in [0.5, 0.6) is 5.75 Å². The van der Waals surface area contributed by atoms with Gasteiger partial charge in [-0.15, -0.1) is 5.10 Å². The van der Waals surface area contributed by atoms with Gasteiger partial charge in [0.25, 0.3) is 5.65 Å². The molecule has 128 valence electrons. The van der Waals surface area contributed by atoms with Crippen LogP contribution in [-0.2, 0) is 13.7 Å². The van der Waals surface area contributed by atoms with Crippen LogP contribution < -0.4 is 20.0 Å². The molecule has 0 aliphatic carbocycles. The van der Waals surface area contributed by atoms with E-state index in [1.165, 1.54) is 11.8 Å². The summed E-state index contributed by atoms with van der Waals surface area (Å²) in [6, 6.07) is 13.9. The van der Waals surface area contributed by atoms with Crippen molar-refractivity contribution in [1.82, 2.24) is 4.57 Å². The molecule has 2 aromatic heterocycles. The molecule has 0 atom stereocenters. The molecule has 0 amide bonds. The third kappa shape index (κ3) is 4.19. The molecule has 0 spiro atoms. The van der Waals surface area contributed by atoms with Gasteiger partial charge in [0.1, 0.15) is 11.9 Å². The van der Waals surface area contributed by atoms with Crippen LogP contribution in [0.1, 0.15) is 11.3 Å². The fourth-order valence-electron chi connectivity index (χ4n) is 2.40. The molecule has 0 radical (unpaired) electrons. The number of hydrogen-bond donors (Lipinski definition) is 2. The summed E-state index contributed by atoms with van der Waals surface area (Å²) in [6.07, 6.45) is 7.77. The molecule has 3 N–H and O–H groups in total. The standard InChI is InChI=1S/C18H20N5OS/c1-22-15(12-23-10-4-3-5-17(22)23)13-24-16-8-6-14(7-9-16)11-20-21-18(19)25-2/h3-12H,13H2,1-2H3,(H2,19,21)/q+1/p+1/b20-11-. The molecule has 0 saturated heterocycles. The second-order valence-corrected chi connectivity index (χ2v) is 6.26. The minimum Gasteiger partial charge on any atom is -0.485 e. The highest BCUT2D eigenvalue weighted by molar-refractivity contribution is 8.13. The fraction of sp³-hybridized carbons (Fsp3) is 0.167. The summed E-state index contributed by atoms with van der Waals surface area (Å²) in [5, 5.41) is 7.29. The zero-order chi connectivity index (χ0) is 17.6. The van der Waals surface area contributed by atoms with E-state index in [4.69, 9.17) is 10.5 Å². The summed E-state index contributed by atoms with van der Waals surface area (Å²) in [7, 11) is 2.04. The van der Waals surface area contributed by atoms with Crippen molar-refractivity contribution in [3.8, 4) is 5.75 Å². The number of rotatable bonds is 5. The second-order valence-electron chi connectivity index (χ2n) is 5.43. The predicted molar refractivity (Wildman–Crippen MR) is 101 cm³/mol. The molecule has 0 aliphatic rings. The Morgan fingerprint density at radius 2 is 2.12 bits per heavy atom. The number of hydrazone groups is 1. The first kappa shape index (κ1) is 17.0. The van der Waals surface area contributed by atoms with Crippen molar-refractivity contribution in [2.45, 2.75) is 6.61 Å². The van der Waals surface area contributed by atoms with Gasteiger partial charge in [0.2, 0.25) is 11.4 Å². The van der Waals surface area contributed by atoms with E-state index < -0.39 is 0 Å². The van der Waals surface area contributed by atoms with E-state index in [2.05, 4.69) is 31.4 Å². The van der Waals surface area contributed by atoms with Crippen LogP contribution in [0.15, 0.2) is 60.0 Å². The van der Waals surface area contributed by atoms with Gasteiger partial charge in [0.05, 0.1) is 13.2 Å². The van der Waals surface area contributed by atoms with Crippen molar-refractivity contribution >= 4 is 28.8 Å². The highest BCUT2D eigenvalue weighted by atomic mass is 32.2. The molecular weight excluding hydrogens is 334 g/mol. The van der Waals surface area contributed by atoms with Gasteiger partial charge in [-0.2, -0.15) is 0 Å². The lowest BCUT2D eigenvalue weighted by Gasteiger charge is -2.03. The number of nitrogens with one attached hydrogen (secondary N) is 1. The van der Waals surface area contributed by atoms with Crippen LogP contribution in [0.4, 0.5) is 0 Å². The average molecular weight is 355 g/mol. The van der Waals surface area contributed by atoms with Crippen molar-refractivity contribution in [2.75, 3.05) is 6.26 Å². The summed E-state index contributed by atoms with van der Waals surface area (Å²) in [5.74, 6) is 0.819. The van der Waals surface area contributed by atoms with Gasteiger partial charge in [-0.05, 0) is 36.6 Å². The van der Waals surface area contributed by atoms with Gasteiger partial charge in [-0.3, -0.25) is 0 Å². The summed E-state index contributed by atoms with van der Waals surface area (Å²) in [6.45, 7) is 0.508. The number of nitrogens with two attached hydrogens (primary N) is 1. The SMILES string of the molecule is CSC(N)=N/[NH+]=C\c1ccc(OCc2c[n+]3ccccc3n2C)cc1. The highest BCUT2D eigenvalue weighted by Gasteiger charge is 2.13. The largest absolute Gasteiger partial charge is 0.485 e. The number of imidazole rings is 1. The quantitative estimate of drug-likeness (QED) is 0.302. The lowest BCUT2D eigenvalue weighted by atomic mass is 10.2. The number of fused-ring (bicyclic) bond motifs is 1. The zero-order valence-electron chi connectivity index (χ0n) is 14.2. The molecule has 0 fully saturated rings. The number of benzene rings is 1. The predicted octanol–water partition coefficient (Wildman–Crippen LogP) is 0.435. The number of hydrogen-bond acceptors (Lipinski definition) is 3. The topological polar surface area (TPSA) is 70.6 Å². The Bertz CT molecular complexity index is 915. The number of aryl methyl sites for hydroxylation is 1. The maximum atomic E-state index is 5.90. The van der Waals surface area contributed by atoms with Crippen LogP contribution in [0.2, 0.25) is 0 Å². The van der Waals surface area contributed by atoms with Gasteiger partial charge in [-0.1, -0.05) is 17.8 Å². The van der Waals surface area contributed by atoms with Crippen LogP contribution in [-0.4, -0.2) is 22.2 Å². The zero-order valence-corrected chi connectivity index (χ0v) is 15.0. The molecule has 7 heteroatoms. The van der Waals surface area contributed by atoms with E-state index in [1.807, 2.05) is 55.9 Å². The number of thioether (sulfide) groups is 1. The number of amidine groups is 1. The van der Waals surface area contributed by atoms with Crippen LogP contribution in [0, 0.1) is 0 Å². The number of aromatic nitrogens is 2. The Kier molecular flexibility index (Phi) is 5.35. The first-order valence-corrected chi connectivity index (χ1v) is 9.03. The number of nitrogens with zero attached hydrogens (tertiary/aromatic N) is 3. The van der Waals surface area contributed by atoms with Gasteiger partial charge >= 0.3 is 0 Å². The van der Waals surface area contributed by atoms with Crippen LogP contribution in [0.3, 0.4) is 0 Å². The molecule has 25 heavy (non-hydrogen) atoms. The monoisotopic (exact) mass is 355 g/mol. The summed E-state index contributed by atoms with van der Waals surface area (Å²) in [5.41, 5.74) is 8.82. The van der Waals surface area contributed by atoms with Crippen LogP contribution in [0.25, 0.3) is 5.65 Å². The summed E-state index contributed by atoms with van der Waals surface area (Å²) >= 11 is 1.39.